The molecule has 0 spiro atoms. The standard InChI is InChI=1S/C13H24O3Si/c1-5-9-10-11-12-13-17(14-6-2,15-7-3)16-8-4/h5,9-13H,6-8H2,1-4H3. The van der Waals surface area contributed by atoms with Gasteiger partial charge in [-0.05, 0) is 33.4 Å². The second-order valence-electron chi connectivity index (χ2n) is 3.17. The van der Waals surface area contributed by atoms with Crippen LogP contribution in [0.5, 0.6) is 0 Å². The predicted octanol–water partition coefficient (Wildman–Crippen LogP) is 3.26. The van der Waals surface area contributed by atoms with E-state index in [0.29, 0.717) is 19.8 Å². The number of hydrogen-bond acceptors (Lipinski definition) is 3. The highest BCUT2D eigenvalue weighted by Gasteiger charge is 2.37. The van der Waals surface area contributed by atoms with Crippen molar-refractivity contribution < 1.29 is 13.3 Å². The summed E-state index contributed by atoms with van der Waals surface area (Å²) in [6.45, 7) is 9.60. The molecule has 3 nitrogen and oxygen atoms in total. The molecular weight excluding hydrogens is 232 g/mol. The molecule has 0 saturated carbocycles. The molecule has 0 radical (unpaired) electrons. The molecule has 0 heterocycles. The average molecular weight is 256 g/mol. The van der Waals surface area contributed by atoms with Crippen LogP contribution in [-0.2, 0) is 13.3 Å². The summed E-state index contributed by atoms with van der Waals surface area (Å²) in [7, 11) is -2.61. The maximum atomic E-state index is 5.67. The summed E-state index contributed by atoms with van der Waals surface area (Å²) < 4.78 is 17.0. The maximum Gasteiger partial charge on any atom is 0.529 e. The molecule has 0 aliphatic carbocycles. The number of allylic oxidation sites excluding steroid dienone is 5. The summed E-state index contributed by atoms with van der Waals surface area (Å²) >= 11 is 0. The van der Waals surface area contributed by atoms with Gasteiger partial charge in [0.1, 0.15) is 0 Å². The van der Waals surface area contributed by atoms with Gasteiger partial charge in [-0.15, -0.1) is 0 Å². The molecule has 0 aromatic rings. The summed E-state index contributed by atoms with van der Waals surface area (Å²) in [5.74, 6) is 0. The molecular formula is C13H24O3Si. The van der Waals surface area contributed by atoms with E-state index in [0.717, 1.165) is 0 Å². The summed E-state index contributed by atoms with van der Waals surface area (Å²) in [4.78, 5) is 0. The van der Waals surface area contributed by atoms with Crippen molar-refractivity contribution in [3.8, 4) is 0 Å². The fourth-order valence-electron chi connectivity index (χ4n) is 1.29. The normalized spacial score (nSPS) is 13.4. The Morgan fingerprint density at radius 2 is 1.24 bits per heavy atom. The van der Waals surface area contributed by atoms with Gasteiger partial charge in [0.15, 0.2) is 0 Å². The summed E-state index contributed by atoms with van der Waals surface area (Å²) in [6.07, 6.45) is 9.77. The van der Waals surface area contributed by atoms with Crippen molar-refractivity contribution in [2.45, 2.75) is 27.7 Å². The van der Waals surface area contributed by atoms with Crippen LogP contribution in [0.3, 0.4) is 0 Å². The molecule has 4 heteroatoms. The van der Waals surface area contributed by atoms with Crippen molar-refractivity contribution in [1.29, 1.82) is 0 Å². The number of hydrogen-bond donors (Lipinski definition) is 0. The monoisotopic (exact) mass is 256 g/mol. The molecule has 0 aliphatic heterocycles. The van der Waals surface area contributed by atoms with Gasteiger partial charge in [-0.3, -0.25) is 0 Å². The van der Waals surface area contributed by atoms with Gasteiger partial charge in [0.05, 0.1) is 0 Å². The SMILES string of the molecule is CC=CC=CC=C[Si](OCC)(OCC)OCC. The zero-order valence-electron chi connectivity index (χ0n) is 11.3. The van der Waals surface area contributed by atoms with E-state index < -0.39 is 8.80 Å². The van der Waals surface area contributed by atoms with Crippen LogP contribution >= 0.6 is 0 Å². The Kier molecular flexibility index (Phi) is 10.0. The van der Waals surface area contributed by atoms with Crippen molar-refractivity contribution in [2.75, 3.05) is 19.8 Å². The third kappa shape index (κ3) is 7.28. The molecule has 0 rings (SSSR count). The molecule has 0 aliphatic rings. The zero-order valence-corrected chi connectivity index (χ0v) is 12.3. The van der Waals surface area contributed by atoms with Crippen molar-refractivity contribution in [3.05, 3.63) is 36.1 Å². The minimum absolute atomic E-state index is 0.592. The van der Waals surface area contributed by atoms with Crippen LogP contribution in [-0.4, -0.2) is 28.6 Å². The first-order chi connectivity index (χ1) is 8.24. The van der Waals surface area contributed by atoms with E-state index >= 15 is 0 Å². The van der Waals surface area contributed by atoms with Gasteiger partial charge in [-0.2, -0.15) is 0 Å². The second kappa shape index (κ2) is 10.5. The lowest BCUT2D eigenvalue weighted by atomic mass is 10.4. The Hall–Kier alpha value is -0.683. The molecule has 0 fully saturated rings. The topological polar surface area (TPSA) is 27.7 Å². The Labute approximate surface area is 106 Å². The van der Waals surface area contributed by atoms with E-state index in [1.165, 1.54) is 0 Å². The third-order valence-electron chi connectivity index (χ3n) is 1.86. The Morgan fingerprint density at radius 3 is 1.65 bits per heavy atom. The zero-order chi connectivity index (χ0) is 13.0. The molecule has 0 aromatic heterocycles. The lowest BCUT2D eigenvalue weighted by molar-refractivity contribution is 0.0843. The van der Waals surface area contributed by atoms with Crippen LogP contribution in [0.1, 0.15) is 27.7 Å². The molecule has 0 bridgehead atoms. The fraction of sp³-hybridized carbons (Fsp3) is 0.538. The van der Waals surface area contributed by atoms with E-state index in [-0.39, 0.29) is 0 Å². The Balaban J connectivity index is 4.62. The van der Waals surface area contributed by atoms with Gasteiger partial charge in [0, 0.05) is 19.8 Å². The average Bonchev–Trinajstić information content (AvgIpc) is 2.30. The van der Waals surface area contributed by atoms with Crippen molar-refractivity contribution in [2.24, 2.45) is 0 Å². The third-order valence-corrected chi connectivity index (χ3v) is 4.54. The van der Waals surface area contributed by atoms with Gasteiger partial charge in [-0.1, -0.05) is 30.4 Å². The van der Waals surface area contributed by atoms with Crippen molar-refractivity contribution in [1.82, 2.24) is 0 Å². The molecule has 0 aromatic carbocycles. The molecule has 98 valence electrons. The van der Waals surface area contributed by atoms with E-state index in [4.69, 9.17) is 13.3 Å². The summed E-state index contributed by atoms with van der Waals surface area (Å²) in [6, 6.07) is 0. The van der Waals surface area contributed by atoms with Gasteiger partial charge in [0.2, 0.25) is 0 Å². The van der Waals surface area contributed by atoms with Gasteiger partial charge >= 0.3 is 8.80 Å². The maximum absolute atomic E-state index is 5.67. The fourth-order valence-corrected chi connectivity index (χ4v) is 3.38. The van der Waals surface area contributed by atoms with Crippen LogP contribution in [0.15, 0.2) is 36.1 Å². The predicted molar refractivity (Wildman–Crippen MR) is 73.7 cm³/mol. The Morgan fingerprint density at radius 1 is 0.765 bits per heavy atom. The second-order valence-corrected chi connectivity index (χ2v) is 5.58. The minimum Gasteiger partial charge on any atom is -0.371 e. The smallest absolute Gasteiger partial charge is 0.371 e. The van der Waals surface area contributed by atoms with E-state index in [9.17, 15) is 0 Å². The first-order valence-corrected chi connectivity index (χ1v) is 7.93. The molecule has 0 unspecified atom stereocenters. The number of rotatable bonds is 9. The van der Waals surface area contributed by atoms with Crippen LogP contribution in [0, 0.1) is 0 Å². The molecule has 0 amide bonds. The summed E-state index contributed by atoms with van der Waals surface area (Å²) in [5.41, 5.74) is 1.92. The van der Waals surface area contributed by atoms with Crippen LogP contribution in [0.4, 0.5) is 0 Å². The van der Waals surface area contributed by atoms with Crippen molar-refractivity contribution in [3.63, 3.8) is 0 Å². The van der Waals surface area contributed by atoms with Crippen LogP contribution in [0.2, 0.25) is 0 Å². The summed E-state index contributed by atoms with van der Waals surface area (Å²) in [5, 5.41) is 0. The highest BCUT2D eigenvalue weighted by atomic mass is 28.4. The quantitative estimate of drug-likeness (QED) is 0.468. The highest BCUT2D eigenvalue weighted by molar-refractivity contribution is 6.66. The first-order valence-electron chi connectivity index (χ1n) is 6.13. The molecule has 0 N–H and O–H groups in total. The van der Waals surface area contributed by atoms with E-state index in [2.05, 4.69) is 0 Å². The largest absolute Gasteiger partial charge is 0.529 e. The van der Waals surface area contributed by atoms with Crippen molar-refractivity contribution >= 4 is 8.80 Å². The van der Waals surface area contributed by atoms with E-state index in [1.54, 1.807) is 0 Å². The van der Waals surface area contributed by atoms with Gasteiger partial charge in [-0.25, -0.2) is 0 Å². The van der Waals surface area contributed by atoms with Crippen LogP contribution < -0.4 is 0 Å². The molecule has 0 atom stereocenters. The van der Waals surface area contributed by atoms with Gasteiger partial charge in [0.25, 0.3) is 0 Å². The Bertz CT molecular complexity index is 242. The highest BCUT2D eigenvalue weighted by Crippen LogP contribution is 2.11. The van der Waals surface area contributed by atoms with E-state index in [1.807, 2.05) is 63.8 Å². The van der Waals surface area contributed by atoms with Crippen LogP contribution in [0.25, 0.3) is 0 Å². The lowest BCUT2D eigenvalue weighted by Gasteiger charge is -2.25. The molecule has 17 heavy (non-hydrogen) atoms. The minimum atomic E-state index is -2.61. The lowest BCUT2D eigenvalue weighted by Crippen LogP contribution is -2.44. The molecule has 0 saturated heterocycles. The first kappa shape index (κ1) is 16.3. The van der Waals surface area contributed by atoms with Gasteiger partial charge < -0.3 is 13.3 Å².